The monoisotopic (exact) mass is 468 g/mol. The molecule has 1 atom stereocenters. The molecule has 1 N–H and O–H groups in total. The summed E-state index contributed by atoms with van der Waals surface area (Å²) >= 11 is 3.86. The van der Waals surface area contributed by atoms with Gasteiger partial charge >= 0.3 is 0 Å². The van der Waals surface area contributed by atoms with Gasteiger partial charge in [0.05, 0.1) is 5.01 Å². The van der Waals surface area contributed by atoms with Crippen molar-refractivity contribution in [2.45, 2.75) is 45.3 Å². The lowest BCUT2D eigenvalue weighted by Gasteiger charge is -2.34. The van der Waals surface area contributed by atoms with E-state index in [4.69, 9.17) is 4.99 Å². The molecule has 0 bridgehead atoms. The van der Waals surface area contributed by atoms with Gasteiger partial charge in [0, 0.05) is 54.7 Å². The molecule has 1 fully saturated rings. The van der Waals surface area contributed by atoms with Crippen LogP contribution in [0.15, 0.2) is 10.4 Å². The van der Waals surface area contributed by atoms with Crippen LogP contribution in [0.1, 0.15) is 37.4 Å². The van der Waals surface area contributed by atoms with Crippen LogP contribution in [-0.2, 0) is 6.42 Å². The number of aryl methyl sites for hydroxylation is 2. The van der Waals surface area contributed by atoms with E-state index < -0.39 is 0 Å². The summed E-state index contributed by atoms with van der Waals surface area (Å²) in [5.74, 6) is 2.30. The van der Waals surface area contributed by atoms with Crippen LogP contribution in [0.25, 0.3) is 0 Å². The molecule has 2 heterocycles. The second-order valence-electron chi connectivity index (χ2n) is 5.57. The van der Waals surface area contributed by atoms with Crippen LogP contribution in [0.4, 0.5) is 0 Å². The summed E-state index contributed by atoms with van der Waals surface area (Å²) in [6, 6.07) is 0. The van der Waals surface area contributed by atoms with E-state index >= 15 is 0 Å². The molecule has 7 heteroatoms. The summed E-state index contributed by atoms with van der Waals surface area (Å²) in [5.41, 5.74) is 1.13. The van der Waals surface area contributed by atoms with Gasteiger partial charge < -0.3 is 10.2 Å². The van der Waals surface area contributed by atoms with Gasteiger partial charge in [-0.2, -0.15) is 11.8 Å². The number of thiazole rings is 1. The summed E-state index contributed by atoms with van der Waals surface area (Å²) in [4.78, 5) is 11.8. The molecule has 0 spiro atoms. The van der Waals surface area contributed by atoms with Gasteiger partial charge in [-0.1, -0.05) is 6.92 Å². The van der Waals surface area contributed by atoms with Gasteiger partial charge in [-0.15, -0.1) is 35.3 Å². The second kappa shape index (κ2) is 11.5. The molecule has 2 rings (SSSR count). The fourth-order valence-corrected chi connectivity index (χ4v) is 4.52. The Kier molecular flexibility index (Phi) is 10.5. The van der Waals surface area contributed by atoms with E-state index in [1.165, 1.54) is 17.2 Å². The Hall–Kier alpha value is -0.0200. The molecule has 23 heavy (non-hydrogen) atoms. The number of aliphatic imine (C=N–C) groups is 1. The quantitative estimate of drug-likeness (QED) is 0.299. The average molecular weight is 468 g/mol. The zero-order chi connectivity index (χ0) is 15.8. The highest BCUT2D eigenvalue weighted by Gasteiger charge is 2.21. The van der Waals surface area contributed by atoms with E-state index in [0.717, 1.165) is 55.9 Å². The summed E-state index contributed by atoms with van der Waals surface area (Å²) in [5, 5.41) is 7.56. The highest BCUT2D eigenvalue weighted by molar-refractivity contribution is 14.0. The number of aromatic nitrogens is 1. The van der Waals surface area contributed by atoms with Crippen molar-refractivity contribution in [3.63, 3.8) is 0 Å². The summed E-state index contributed by atoms with van der Waals surface area (Å²) in [7, 11) is 0. The smallest absolute Gasteiger partial charge is 0.193 e. The van der Waals surface area contributed by atoms with Crippen LogP contribution in [0.2, 0.25) is 0 Å². The second-order valence-corrected chi connectivity index (χ2v) is 7.92. The normalized spacial score (nSPS) is 18.7. The Morgan fingerprint density at radius 3 is 2.96 bits per heavy atom. The first kappa shape index (κ1) is 21.0. The van der Waals surface area contributed by atoms with E-state index in [2.05, 4.69) is 53.1 Å². The third-order valence-electron chi connectivity index (χ3n) is 3.71. The summed E-state index contributed by atoms with van der Waals surface area (Å²) < 4.78 is 0. The van der Waals surface area contributed by atoms with Crippen molar-refractivity contribution in [1.29, 1.82) is 0 Å². The van der Waals surface area contributed by atoms with Crippen molar-refractivity contribution < 1.29 is 0 Å². The van der Waals surface area contributed by atoms with Crippen molar-refractivity contribution in [3.05, 3.63) is 16.1 Å². The van der Waals surface area contributed by atoms with Crippen LogP contribution < -0.4 is 5.32 Å². The average Bonchev–Trinajstić information content (AvgIpc) is 2.96. The van der Waals surface area contributed by atoms with E-state index in [-0.39, 0.29) is 24.0 Å². The van der Waals surface area contributed by atoms with Crippen molar-refractivity contribution >= 4 is 53.0 Å². The SMILES string of the molecule is CCNC(=NCCCc1nc(C)cs1)N1CCSC(CC)C1.I. The van der Waals surface area contributed by atoms with Gasteiger partial charge in [0.1, 0.15) is 0 Å². The lowest BCUT2D eigenvalue weighted by atomic mass is 10.3. The van der Waals surface area contributed by atoms with Gasteiger partial charge in [-0.25, -0.2) is 4.98 Å². The Balaban J connectivity index is 0.00000264. The van der Waals surface area contributed by atoms with Crippen LogP contribution in [0.3, 0.4) is 0 Å². The number of nitrogens with zero attached hydrogens (tertiary/aromatic N) is 3. The maximum absolute atomic E-state index is 4.83. The van der Waals surface area contributed by atoms with Crippen molar-refractivity contribution in [3.8, 4) is 0 Å². The predicted molar refractivity (Wildman–Crippen MR) is 115 cm³/mol. The lowest BCUT2D eigenvalue weighted by molar-refractivity contribution is 0.408. The maximum atomic E-state index is 4.83. The van der Waals surface area contributed by atoms with Crippen LogP contribution >= 0.6 is 47.1 Å². The zero-order valence-electron chi connectivity index (χ0n) is 14.4. The maximum Gasteiger partial charge on any atom is 0.193 e. The lowest BCUT2D eigenvalue weighted by Crippen LogP contribution is -2.48. The molecule has 1 aliphatic heterocycles. The topological polar surface area (TPSA) is 40.5 Å². The number of guanidine groups is 1. The molecule has 0 aliphatic carbocycles. The summed E-state index contributed by atoms with van der Waals surface area (Å²) in [6.07, 6.45) is 3.35. The van der Waals surface area contributed by atoms with E-state index in [1.54, 1.807) is 11.3 Å². The molecule has 1 aromatic rings. The fraction of sp³-hybridized carbons (Fsp3) is 0.750. The van der Waals surface area contributed by atoms with Crippen LogP contribution in [0.5, 0.6) is 0 Å². The molecular formula is C16H29IN4S2. The minimum Gasteiger partial charge on any atom is -0.357 e. The molecule has 132 valence electrons. The molecule has 0 radical (unpaired) electrons. The molecule has 1 aliphatic rings. The zero-order valence-corrected chi connectivity index (χ0v) is 18.3. The van der Waals surface area contributed by atoms with Crippen molar-refractivity contribution in [2.75, 3.05) is 31.9 Å². The van der Waals surface area contributed by atoms with E-state index in [1.807, 2.05) is 0 Å². The Bertz CT molecular complexity index is 478. The molecule has 4 nitrogen and oxygen atoms in total. The number of hydrogen-bond acceptors (Lipinski definition) is 4. The third-order valence-corrected chi connectivity index (χ3v) is 6.10. The highest BCUT2D eigenvalue weighted by atomic mass is 127. The number of rotatable bonds is 6. The number of thioether (sulfide) groups is 1. The standard InChI is InChI=1S/C16H28N4S2.HI/c1-4-14-11-20(9-10-21-14)16(17-5-2)18-8-6-7-15-19-13(3)12-22-15;/h12,14H,4-11H2,1-3H3,(H,17,18);1H. The Morgan fingerprint density at radius 2 is 2.30 bits per heavy atom. The molecular weight excluding hydrogens is 439 g/mol. The highest BCUT2D eigenvalue weighted by Crippen LogP contribution is 2.21. The predicted octanol–water partition coefficient (Wildman–Crippen LogP) is 3.80. The van der Waals surface area contributed by atoms with Gasteiger partial charge in [0.15, 0.2) is 5.96 Å². The molecule has 1 unspecified atom stereocenters. The minimum absolute atomic E-state index is 0. The van der Waals surface area contributed by atoms with E-state index in [9.17, 15) is 0 Å². The van der Waals surface area contributed by atoms with Crippen molar-refractivity contribution in [2.24, 2.45) is 4.99 Å². The van der Waals surface area contributed by atoms with Gasteiger partial charge in [-0.05, 0) is 26.7 Å². The first-order valence-electron chi connectivity index (χ1n) is 8.28. The van der Waals surface area contributed by atoms with Crippen molar-refractivity contribution in [1.82, 2.24) is 15.2 Å². The van der Waals surface area contributed by atoms with Gasteiger partial charge in [0.2, 0.25) is 0 Å². The van der Waals surface area contributed by atoms with Gasteiger partial charge in [-0.3, -0.25) is 4.99 Å². The number of halogens is 1. The molecule has 0 amide bonds. The fourth-order valence-electron chi connectivity index (χ4n) is 2.52. The largest absolute Gasteiger partial charge is 0.357 e. The number of nitrogens with one attached hydrogen (secondary N) is 1. The third kappa shape index (κ3) is 7.17. The first-order valence-corrected chi connectivity index (χ1v) is 10.2. The number of hydrogen-bond donors (Lipinski definition) is 1. The van der Waals surface area contributed by atoms with Crippen LogP contribution in [0, 0.1) is 6.92 Å². The molecule has 0 saturated carbocycles. The Labute approximate surface area is 166 Å². The first-order chi connectivity index (χ1) is 10.7. The van der Waals surface area contributed by atoms with E-state index in [0.29, 0.717) is 0 Å². The van der Waals surface area contributed by atoms with Crippen LogP contribution in [-0.4, -0.2) is 53.0 Å². The minimum atomic E-state index is 0. The Morgan fingerprint density at radius 1 is 1.48 bits per heavy atom. The molecule has 1 saturated heterocycles. The molecule has 1 aromatic heterocycles. The molecule has 0 aromatic carbocycles. The summed E-state index contributed by atoms with van der Waals surface area (Å²) in [6.45, 7) is 10.5. The van der Waals surface area contributed by atoms with Gasteiger partial charge in [0.25, 0.3) is 0 Å².